The number of hydrogen-bond donors (Lipinski definition) is 1. The second kappa shape index (κ2) is 12.2. The number of methoxy groups -OCH3 is 1. The van der Waals surface area contributed by atoms with Crippen LogP contribution in [0.3, 0.4) is 0 Å². The summed E-state index contributed by atoms with van der Waals surface area (Å²) in [6, 6.07) is 3.08. The third kappa shape index (κ3) is 7.19. The minimum absolute atomic E-state index is 0.103. The van der Waals surface area contributed by atoms with Crippen LogP contribution in [0, 0.1) is 5.41 Å². The summed E-state index contributed by atoms with van der Waals surface area (Å²) in [7, 11) is 1.28. The highest BCUT2D eigenvalue weighted by atomic mass is 35.5. The van der Waals surface area contributed by atoms with Crippen LogP contribution in [0.2, 0.25) is 5.02 Å². The molecular weight excluding hydrogens is 536 g/mol. The normalized spacial score (nSPS) is 18.8. The first-order valence-electron chi connectivity index (χ1n) is 13.8. The zero-order valence-electron chi connectivity index (χ0n) is 24.9. The van der Waals surface area contributed by atoms with Crippen LogP contribution in [0.15, 0.2) is 12.1 Å². The van der Waals surface area contributed by atoms with Gasteiger partial charge in [-0.2, -0.15) is 0 Å². The first kappa shape index (κ1) is 31.5. The van der Waals surface area contributed by atoms with Crippen molar-refractivity contribution in [2.75, 3.05) is 38.2 Å². The van der Waals surface area contributed by atoms with Crippen molar-refractivity contribution in [2.24, 2.45) is 5.41 Å². The lowest BCUT2D eigenvalue weighted by Crippen LogP contribution is -2.54. The number of piperidine rings is 1. The van der Waals surface area contributed by atoms with Crippen LogP contribution in [0.4, 0.5) is 15.3 Å². The Morgan fingerprint density at radius 3 is 2.50 bits per heavy atom. The van der Waals surface area contributed by atoms with E-state index in [0.717, 1.165) is 18.4 Å². The van der Waals surface area contributed by atoms with E-state index in [4.69, 9.17) is 16.3 Å². The number of hydrogen-bond acceptors (Lipinski definition) is 6. The van der Waals surface area contributed by atoms with Crippen molar-refractivity contribution in [2.45, 2.75) is 85.4 Å². The zero-order valence-corrected chi connectivity index (χ0v) is 25.7. The molecule has 0 aliphatic carbocycles. The van der Waals surface area contributed by atoms with Crippen LogP contribution < -0.4 is 10.2 Å². The third-order valence-electron chi connectivity index (χ3n) is 7.17. The van der Waals surface area contributed by atoms with Gasteiger partial charge in [-0.05, 0) is 71.6 Å². The molecule has 0 bridgehead atoms. The molecule has 4 amide bonds. The Balaban J connectivity index is 1.92. The first-order chi connectivity index (χ1) is 18.6. The van der Waals surface area contributed by atoms with E-state index in [1.165, 1.54) is 7.11 Å². The highest BCUT2D eigenvalue weighted by Crippen LogP contribution is 2.40. The lowest BCUT2D eigenvalue weighted by molar-refractivity contribution is -0.127. The molecule has 10 nitrogen and oxygen atoms in total. The summed E-state index contributed by atoms with van der Waals surface area (Å²) in [6.07, 6.45) is 0.971. The van der Waals surface area contributed by atoms with Gasteiger partial charge in [0.1, 0.15) is 5.60 Å². The molecule has 0 saturated carbocycles. The second-order valence-electron chi connectivity index (χ2n) is 12.4. The number of fused-ring (bicyclic) bond motifs is 1. The predicted octanol–water partition coefficient (Wildman–Crippen LogP) is 4.86. The number of alkyl carbamates (subject to hydrolysis) is 1. The van der Waals surface area contributed by atoms with Crippen LogP contribution in [-0.2, 0) is 20.7 Å². The molecule has 1 N–H and O–H groups in total. The Morgan fingerprint density at radius 1 is 1.23 bits per heavy atom. The SMILES string of the molecule is COC(=O)NCCN1C(=O)C(C)(C)Cc2cc(Cl)c(C(=O)N(C(C)C)[C@@H]3CCCN(C(=O)OC(C)(C)C)C3)cc21. The summed E-state index contributed by atoms with van der Waals surface area (Å²) < 4.78 is 10.2. The van der Waals surface area contributed by atoms with Gasteiger partial charge >= 0.3 is 12.2 Å². The van der Waals surface area contributed by atoms with E-state index >= 15 is 0 Å². The molecule has 2 heterocycles. The lowest BCUT2D eigenvalue weighted by atomic mass is 9.79. The molecule has 0 aromatic heterocycles. The molecule has 1 aromatic carbocycles. The second-order valence-corrected chi connectivity index (χ2v) is 12.8. The van der Waals surface area contributed by atoms with Crippen LogP contribution in [0.5, 0.6) is 0 Å². The van der Waals surface area contributed by atoms with Crippen molar-refractivity contribution in [3.63, 3.8) is 0 Å². The van der Waals surface area contributed by atoms with E-state index < -0.39 is 23.2 Å². The zero-order chi connectivity index (χ0) is 30.0. The van der Waals surface area contributed by atoms with Crippen LogP contribution >= 0.6 is 11.6 Å². The average molecular weight is 579 g/mol. The van der Waals surface area contributed by atoms with Crippen LogP contribution in [0.25, 0.3) is 0 Å². The quantitative estimate of drug-likeness (QED) is 0.516. The van der Waals surface area contributed by atoms with Crippen LogP contribution in [0.1, 0.15) is 77.2 Å². The molecule has 1 atom stereocenters. The number of halogens is 1. The molecule has 1 saturated heterocycles. The van der Waals surface area contributed by atoms with Crippen molar-refractivity contribution in [1.29, 1.82) is 0 Å². The largest absolute Gasteiger partial charge is 0.453 e. The molecule has 40 heavy (non-hydrogen) atoms. The fraction of sp³-hybridized carbons (Fsp3) is 0.655. The van der Waals surface area contributed by atoms with Gasteiger partial charge in [0, 0.05) is 43.3 Å². The average Bonchev–Trinajstić information content (AvgIpc) is 2.84. The highest BCUT2D eigenvalue weighted by Gasteiger charge is 2.41. The Labute approximate surface area is 242 Å². The summed E-state index contributed by atoms with van der Waals surface area (Å²) in [5.74, 6) is -0.364. The summed E-state index contributed by atoms with van der Waals surface area (Å²) in [4.78, 5) is 56.9. The lowest BCUT2D eigenvalue weighted by Gasteiger charge is -2.42. The maximum absolute atomic E-state index is 14.1. The van der Waals surface area contributed by atoms with Gasteiger partial charge in [-0.25, -0.2) is 9.59 Å². The Hall–Kier alpha value is -3.01. The minimum Gasteiger partial charge on any atom is -0.453 e. The molecule has 222 valence electrons. The number of nitrogens with zero attached hydrogens (tertiary/aromatic N) is 3. The van der Waals surface area contributed by atoms with Gasteiger partial charge in [0.25, 0.3) is 5.91 Å². The molecule has 0 spiro atoms. The van der Waals surface area contributed by atoms with Gasteiger partial charge in [-0.1, -0.05) is 25.4 Å². The number of rotatable bonds is 6. The highest BCUT2D eigenvalue weighted by molar-refractivity contribution is 6.34. The number of likely N-dealkylation sites (tertiary alicyclic amines) is 1. The van der Waals surface area contributed by atoms with Crippen molar-refractivity contribution in [1.82, 2.24) is 15.1 Å². The Morgan fingerprint density at radius 2 is 1.90 bits per heavy atom. The fourth-order valence-electron chi connectivity index (χ4n) is 5.39. The predicted molar refractivity (Wildman–Crippen MR) is 154 cm³/mol. The number of carbonyl (C=O) groups excluding carboxylic acids is 4. The molecule has 1 aromatic rings. The molecule has 2 aliphatic heterocycles. The maximum atomic E-state index is 14.1. The molecular formula is C29H43ClN4O6. The topological polar surface area (TPSA) is 108 Å². The van der Waals surface area contributed by atoms with Crippen LogP contribution in [-0.4, -0.2) is 84.8 Å². The monoisotopic (exact) mass is 578 g/mol. The number of nitrogens with one attached hydrogen (secondary N) is 1. The van der Waals surface area contributed by atoms with E-state index in [1.54, 1.807) is 26.8 Å². The smallest absolute Gasteiger partial charge is 0.410 e. The molecule has 11 heteroatoms. The first-order valence-corrected chi connectivity index (χ1v) is 14.2. The standard InChI is InChI=1S/C29H43ClN4O6/c1-18(2)34(20-10-9-12-32(17-20)27(38)40-28(3,4)5)24(35)21-15-23-19(14-22(21)30)16-29(6,7)25(36)33(23)13-11-31-26(37)39-8/h14-15,18,20H,9-13,16-17H2,1-8H3,(H,31,37)/t20-/m1/s1. The van der Waals surface area contributed by atoms with Gasteiger partial charge in [-0.15, -0.1) is 0 Å². The maximum Gasteiger partial charge on any atom is 0.410 e. The van der Waals surface area contributed by atoms with Crippen molar-refractivity contribution < 1.29 is 28.7 Å². The van der Waals surface area contributed by atoms with Gasteiger partial charge in [0.2, 0.25) is 5.91 Å². The molecule has 1 fully saturated rings. The minimum atomic E-state index is -0.676. The number of amides is 4. The molecule has 0 unspecified atom stereocenters. The van der Waals surface area contributed by atoms with E-state index in [0.29, 0.717) is 35.8 Å². The van der Waals surface area contributed by atoms with E-state index in [2.05, 4.69) is 10.1 Å². The molecule has 2 aliphatic rings. The van der Waals surface area contributed by atoms with E-state index in [9.17, 15) is 19.2 Å². The Kier molecular flexibility index (Phi) is 9.65. The summed E-state index contributed by atoms with van der Waals surface area (Å²) in [6.45, 7) is 14.4. The Bertz CT molecular complexity index is 1150. The summed E-state index contributed by atoms with van der Waals surface area (Å²) in [5.41, 5.74) is 0.463. The van der Waals surface area contributed by atoms with E-state index in [1.807, 2.05) is 48.5 Å². The molecule has 0 radical (unpaired) electrons. The van der Waals surface area contributed by atoms with Crippen molar-refractivity contribution in [3.8, 4) is 0 Å². The number of ether oxygens (including phenoxy) is 2. The number of anilines is 1. The summed E-state index contributed by atoms with van der Waals surface area (Å²) in [5, 5.41) is 2.92. The van der Waals surface area contributed by atoms with E-state index in [-0.39, 0.29) is 37.0 Å². The van der Waals surface area contributed by atoms with Gasteiger partial charge in [-0.3, -0.25) is 9.59 Å². The number of carbonyl (C=O) groups is 4. The van der Waals surface area contributed by atoms with Crippen molar-refractivity contribution >= 4 is 41.3 Å². The molecule has 3 rings (SSSR count). The van der Waals surface area contributed by atoms with Crippen molar-refractivity contribution in [3.05, 3.63) is 28.3 Å². The fourth-order valence-corrected chi connectivity index (χ4v) is 5.65. The number of benzene rings is 1. The third-order valence-corrected chi connectivity index (χ3v) is 7.48. The van der Waals surface area contributed by atoms with Gasteiger partial charge < -0.3 is 29.5 Å². The van der Waals surface area contributed by atoms with Gasteiger partial charge in [0.05, 0.1) is 23.7 Å². The summed E-state index contributed by atoms with van der Waals surface area (Å²) >= 11 is 6.73. The van der Waals surface area contributed by atoms with Gasteiger partial charge in [0.15, 0.2) is 0 Å².